The zero-order valence-electron chi connectivity index (χ0n) is 10.9. The lowest BCUT2D eigenvalue weighted by molar-refractivity contribution is 0.822. The van der Waals surface area contributed by atoms with Gasteiger partial charge in [-0.2, -0.15) is 5.26 Å². The topological polar surface area (TPSA) is 36.7 Å². The van der Waals surface area contributed by atoms with Crippen molar-refractivity contribution in [2.45, 2.75) is 33.1 Å². The monoisotopic (exact) mass is 256 g/mol. The average molecular weight is 256 g/mol. The summed E-state index contributed by atoms with van der Waals surface area (Å²) in [4.78, 5) is 5.83. The molecule has 0 atom stereocenters. The molecule has 0 amide bonds. The summed E-state index contributed by atoms with van der Waals surface area (Å²) in [6.07, 6.45) is 0.455. The molecule has 1 aromatic carbocycles. The molecule has 0 bridgehead atoms. The Labute approximate surface area is 112 Å². The number of nitrogens with zero attached hydrogens (tertiary/aromatic N) is 2. The summed E-state index contributed by atoms with van der Waals surface area (Å²) in [6.45, 7) is 6.34. The third-order valence-corrected chi connectivity index (χ3v) is 3.99. The molecular weight excluding hydrogens is 240 g/mol. The average Bonchev–Trinajstić information content (AvgIpc) is 2.74. The first-order chi connectivity index (χ1) is 8.63. The van der Waals surface area contributed by atoms with Gasteiger partial charge in [-0.3, -0.25) is 0 Å². The minimum atomic E-state index is 0.363. The number of hydrogen-bond acceptors (Lipinski definition) is 3. The van der Waals surface area contributed by atoms with E-state index in [1.54, 1.807) is 11.3 Å². The van der Waals surface area contributed by atoms with Gasteiger partial charge in [0.15, 0.2) is 0 Å². The second-order valence-corrected chi connectivity index (χ2v) is 5.72. The molecule has 2 nitrogen and oxygen atoms in total. The fourth-order valence-corrected chi connectivity index (χ4v) is 3.18. The zero-order valence-corrected chi connectivity index (χ0v) is 11.7. The molecule has 0 unspecified atom stereocenters. The lowest BCUT2D eigenvalue weighted by atomic mass is 10.1. The first-order valence-corrected chi connectivity index (χ1v) is 6.87. The van der Waals surface area contributed by atoms with Crippen molar-refractivity contribution in [3.63, 3.8) is 0 Å². The number of aromatic nitrogens is 1. The van der Waals surface area contributed by atoms with Gasteiger partial charge in [-0.1, -0.05) is 38.1 Å². The van der Waals surface area contributed by atoms with Gasteiger partial charge < -0.3 is 0 Å². The summed E-state index contributed by atoms with van der Waals surface area (Å²) in [6, 6.07) is 10.5. The van der Waals surface area contributed by atoms with Crippen LogP contribution >= 0.6 is 11.3 Å². The molecule has 0 aliphatic heterocycles. The molecule has 0 N–H and O–H groups in total. The Morgan fingerprint density at radius 1 is 1.33 bits per heavy atom. The van der Waals surface area contributed by atoms with Crippen molar-refractivity contribution in [1.82, 2.24) is 4.98 Å². The minimum Gasteiger partial charge on any atom is -0.240 e. The fraction of sp³-hybridized carbons (Fsp3) is 0.333. The highest BCUT2D eigenvalue weighted by atomic mass is 32.1. The van der Waals surface area contributed by atoms with Crippen molar-refractivity contribution in [2.75, 3.05) is 0 Å². The highest BCUT2D eigenvalue weighted by Crippen LogP contribution is 2.33. The Balaban J connectivity index is 2.51. The van der Waals surface area contributed by atoms with Crippen LogP contribution in [0.15, 0.2) is 24.3 Å². The second kappa shape index (κ2) is 5.32. The van der Waals surface area contributed by atoms with E-state index >= 15 is 0 Å². The van der Waals surface area contributed by atoms with E-state index in [4.69, 9.17) is 10.2 Å². The first-order valence-electron chi connectivity index (χ1n) is 6.06. The van der Waals surface area contributed by atoms with Crippen LogP contribution in [0.5, 0.6) is 0 Å². The maximum atomic E-state index is 8.89. The van der Waals surface area contributed by atoms with Crippen molar-refractivity contribution < 1.29 is 0 Å². The number of rotatable bonds is 3. The van der Waals surface area contributed by atoms with Gasteiger partial charge in [-0.05, 0) is 18.4 Å². The van der Waals surface area contributed by atoms with E-state index in [2.05, 4.69) is 39.0 Å². The van der Waals surface area contributed by atoms with Crippen LogP contribution in [0.1, 0.15) is 35.9 Å². The van der Waals surface area contributed by atoms with E-state index in [9.17, 15) is 0 Å². The minimum absolute atomic E-state index is 0.363. The van der Waals surface area contributed by atoms with Crippen LogP contribution in [0, 0.1) is 18.3 Å². The molecule has 0 aliphatic rings. The molecule has 92 valence electrons. The molecule has 0 aliphatic carbocycles. The van der Waals surface area contributed by atoms with Gasteiger partial charge in [-0.25, -0.2) is 4.98 Å². The van der Waals surface area contributed by atoms with Crippen molar-refractivity contribution in [3.05, 3.63) is 40.4 Å². The highest BCUT2D eigenvalue weighted by Gasteiger charge is 2.15. The zero-order chi connectivity index (χ0) is 13.1. The predicted octanol–water partition coefficient (Wildman–Crippen LogP) is 4.31. The van der Waals surface area contributed by atoms with Crippen molar-refractivity contribution in [3.8, 4) is 16.6 Å². The Bertz CT molecular complexity index is 591. The van der Waals surface area contributed by atoms with Crippen molar-refractivity contribution >= 4 is 11.3 Å². The van der Waals surface area contributed by atoms with Crippen LogP contribution in [-0.2, 0) is 6.42 Å². The summed E-state index contributed by atoms with van der Waals surface area (Å²) in [5.74, 6) is 0.363. The normalized spacial score (nSPS) is 10.6. The van der Waals surface area contributed by atoms with Gasteiger partial charge in [0.2, 0.25) is 0 Å². The molecule has 0 saturated heterocycles. The second-order valence-electron chi connectivity index (χ2n) is 4.63. The van der Waals surface area contributed by atoms with Gasteiger partial charge >= 0.3 is 0 Å². The number of benzene rings is 1. The van der Waals surface area contributed by atoms with Crippen molar-refractivity contribution in [2.24, 2.45) is 0 Å². The Kier molecular flexibility index (Phi) is 3.78. The number of hydrogen-bond donors (Lipinski definition) is 0. The van der Waals surface area contributed by atoms with Gasteiger partial charge in [0, 0.05) is 10.4 Å². The molecule has 1 aromatic heterocycles. The van der Waals surface area contributed by atoms with Gasteiger partial charge in [-0.15, -0.1) is 11.3 Å². The summed E-state index contributed by atoms with van der Waals surface area (Å²) < 4.78 is 0. The molecule has 18 heavy (non-hydrogen) atoms. The first kappa shape index (κ1) is 12.8. The van der Waals surface area contributed by atoms with Crippen LogP contribution < -0.4 is 0 Å². The van der Waals surface area contributed by atoms with Crippen LogP contribution in [0.3, 0.4) is 0 Å². The predicted molar refractivity (Wildman–Crippen MR) is 75.7 cm³/mol. The van der Waals surface area contributed by atoms with Gasteiger partial charge in [0.1, 0.15) is 5.01 Å². The van der Waals surface area contributed by atoms with Crippen molar-refractivity contribution in [1.29, 1.82) is 5.26 Å². The van der Waals surface area contributed by atoms with E-state index in [1.807, 2.05) is 12.1 Å². The molecule has 0 fully saturated rings. The molecule has 0 spiro atoms. The largest absolute Gasteiger partial charge is 0.240 e. The van der Waals surface area contributed by atoms with E-state index in [0.29, 0.717) is 12.3 Å². The lowest BCUT2D eigenvalue weighted by Crippen LogP contribution is -1.92. The molecule has 2 aromatic rings. The number of aryl methyl sites for hydroxylation is 1. The summed E-state index contributed by atoms with van der Waals surface area (Å²) >= 11 is 1.65. The fourth-order valence-electron chi connectivity index (χ4n) is 1.94. The van der Waals surface area contributed by atoms with E-state index < -0.39 is 0 Å². The van der Waals surface area contributed by atoms with Gasteiger partial charge in [0.25, 0.3) is 0 Å². The Morgan fingerprint density at radius 3 is 2.67 bits per heavy atom. The quantitative estimate of drug-likeness (QED) is 0.820. The molecular formula is C15H16N2S. The lowest BCUT2D eigenvalue weighted by Gasteiger charge is -2.02. The highest BCUT2D eigenvalue weighted by molar-refractivity contribution is 7.15. The third-order valence-electron chi connectivity index (χ3n) is 2.89. The van der Waals surface area contributed by atoms with Crippen LogP contribution in [-0.4, -0.2) is 4.98 Å². The Morgan fingerprint density at radius 2 is 2.06 bits per heavy atom. The molecule has 0 radical (unpaired) electrons. The van der Waals surface area contributed by atoms with E-state index in [1.165, 1.54) is 11.1 Å². The molecule has 3 heteroatoms. The molecule has 0 saturated carbocycles. The van der Waals surface area contributed by atoms with Gasteiger partial charge in [0.05, 0.1) is 18.2 Å². The van der Waals surface area contributed by atoms with Crippen LogP contribution in [0.25, 0.3) is 10.6 Å². The molecule has 2 rings (SSSR count). The Hall–Kier alpha value is -1.66. The standard InChI is InChI=1S/C15H16N2S/c1-10(2)14-13(8-9-16)18-15(17-14)12-7-5-4-6-11(12)3/h4-7,10H,8H2,1-3H3. The number of nitriles is 1. The summed E-state index contributed by atoms with van der Waals surface area (Å²) in [5, 5.41) is 9.92. The number of thiazole rings is 1. The molecule has 1 heterocycles. The SMILES string of the molecule is Cc1ccccc1-c1nc(C(C)C)c(CC#N)s1. The smallest absolute Gasteiger partial charge is 0.124 e. The maximum Gasteiger partial charge on any atom is 0.124 e. The summed E-state index contributed by atoms with van der Waals surface area (Å²) in [7, 11) is 0. The van der Waals surface area contributed by atoms with Crippen LogP contribution in [0.4, 0.5) is 0 Å². The maximum absolute atomic E-state index is 8.89. The van der Waals surface area contributed by atoms with E-state index in [-0.39, 0.29) is 0 Å². The van der Waals surface area contributed by atoms with E-state index in [0.717, 1.165) is 15.6 Å². The third kappa shape index (κ3) is 2.44. The van der Waals surface area contributed by atoms with Crippen LogP contribution in [0.2, 0.25) is 0 Å². The summed E-state index contributed by atoms with van der Waals surface area (Å²) in [5.41, 5.74) is 3.47.